The summed E-state index contributed by atoms with van der Waals surface area (Å²) < 4.78 is 18.8. The van der Waals surface area contributed by atoms with Crippen LogP contribution in [0.4, 0.5) is 4.39 Å². The normalized spacial score (nSPS) is 17.1. The summed E-state index contributed by atoms with van der Waals surface area (Å²) in [5, 5.41) is 3.41. The van der Waals surface area contributed by atoms with Crippen molar-refractivity contribution in [3.8, 4) is 5.75 Å². The molecule has 0 saturated heterocycles. The second-order valence-corrected chi connectivity index (χ2v) is 4.38. The highest BCUT2D eigenvalue weighted by atomic mass is 19.1. The molecule has 1 atom stereocenters. The Balaban J connectivity index is 1.73. The molecule has 16 heavy (non-hydrogen) atoms. The van der Waals surface area contributed by atoms with Gasteiger partial charge in [-0.3, -0.25) is 0 Å². The maximum absolute atomic E-state index is 13.3. The zero-order valence-corrected chi connectivity index (χ0v) is 9.58. The Morgan fingerprint density at radius 2 is 2.19 bits per heavy atom. The van der Waals surface area contributed by atoms with Crippen molar-refractivity contribution in [3.05, 3.63) is 30.1 Å². The van der Waals surface area contributed by atoms with E-state index in [-0.39, 0.29) is 11.9 Å². The Hall–Kier alpha value is -1.09. The van der Waals surface area contributed by atoms with Crippen molar-refractivity contribution in [2.75, 3.05) is 6.54 Å². The first-order valence-electron chi connectivity index (χ1n) is 5.90. The van der Waals surface area contributed by atoms with E-state index in [1.54, 1.807) is 18.2 Å². The predicted molar refractivity (Wildman–Crippen MR) is 62.1 cm³/mol. The molecule has 0 amide bonds. The quantitative estimate of drug-likeness (QED) is 0.800. The Morgan fingerprint density at radius 3 is 2.88 bits per heavy atom. The molecule has 0 heterocycles. The van der Waals surface area contributed by atoms with Crippen LogP contribution in [0.2, 0.25) is 0 Å². The number of hydrogen-bond acceptors (Lipinski definition) is 2. The van der Waals surface area contributed by atoms with E-state index in [0.717, 1.165) is 19.0 Å². The average Bonchev–Trinajstić information content (AvgIpc) is 3.05. The molecule has 0 bridgehead atoms. The minimum Gasteiger partial charge on any atom is -0.488 e. The minimum absolute atomic E-state index is 0.0446. The van der Waals surface area contributed by atoms with Crippen molar-refractivity contribution in [2.24, 2.45) is 0 Å². The molecular weight excluding hydrogens is 205 g/mol. The smallest absolute Gasteiger partial charge is 0.165 e. The van der Waals surface area contributed by atoms with E-state index in [1.807, 2.05) is 6.92 Å². The molecule has 2 nitrogen and oxygen atoms in total. The molecule has 0 aromatic heterocycles. The van der Waals surface area contributed by atoms with Crippen LogP contribution < -0.4 is 10.1 Å². The third-order valence-corrected chi connectivity index (χ3v) is 2.73. The Morgan fingerprint density at radius 1 is 1.44 bits per heavy atom. The molecule has 0 aliphatic heterocycles. The van der Waals surface area contributed by atoms with Crippen LogP contribution in [0.3, 0.4) is 0 Å². The predicted octanol–water partition coefficient (Wildman–Crippen LogP) is 2.74. The topological polar surface area (TPSA) is 21.3 Å². The fourth-order valence-corrected chi connectivity index (χ4v) is 1.59. The first-order valence-corrected chi connectivity index (χ1v) is 5.90. The third-order valence-electron chi connectivity index (χ3n) is 2.73. The highest BCUT2D eigenvalue weighted by molar-refractivity contribution is 5.23. The summed E-state index contributed by atoms with van der Waals surface area (Å²) in [6.07, 6.45) is 3.54. The lowest BCUT2D eigenvalue weighted by Crippen LogP contribution is -2.23. The average molecular weight is 223 g/mol. The Labute approximate surface area is 95.8 Å². The summed E-state index contributed by atoms with van der Waals surface area (Å²) in [5.74, 6) is 0.0610. The monoisotopic (exact) mass is 223 g/mol. The molecule has 1 saturated carbocycles. The first kappa shape index (κ1) is 11.4. The van der Waals surface area contributed by atoms with Crippen molar-refractivity contribution in [2.45, 2.75) is 38.3 Å². The van der Waals surface area contributed by atoms with Crippen LogP contribution in [-0.2, 0) is 0 Å². The molecule has 0 spiro atoms. The van der Waals surface area contributed by atoms with E-state index in [0.29, 0.717) is 5.75 Å². The van der Waals surface area contributed by atoms with Crippen LogP contribution >= 0.6 is 0 Å². The van der Waals surface area contributed by atoms with Gasteiger partial charge in [0, 0.05) is 6.04 Å². The molecule has 1 aromatic rings. The van der Waals surface area contributed by atoms with Gasteiger partial charge in [-0.05, 0) is 44.9 Å². The standard InChI is InChI=1S/C13H18FNO/c1-10(8-9-15-11-6-7-11)16-13-5-3-2-4-12(13)14/h2-5,10-11,15H,6-9H2,1H3. The first-order chi connectivity index (χ1) is 7.75. The van der Waals surface area contributed by atoms with Gasteiger partial charge in [0.2, 0.25) is 0 Å². The highest BCUT2D eigenvalue weighted by Crippen LogP contribution is 2.19. The zero-order chi connectivity index (χ0) is 11.4. The summed E-state index contributed by atoms with van der Waals surface area (Å²) in [4.78, 5) is 0. The van der Waals surface area contributed by atoms with Crippen LogP contribution in [-0.4, -0.2) is 18.7 Å². The van der Waals surface area contributed by atoms with Crippen LogP contribution in [0.25, 0.3) is 0 Å². The van der Waals surface area contributed by atoms with Crippen molar-refractivity contribution < 1.29 is 9.13 Å². The molecule has 1 fully saturated rings. The lowest BCUT2D eigenvalue weighted by atomic mass is 10.2. The molecular formula is C13H18FNO. The molecule has 1 N–H and O–H groups in total. The van der Waals surface area contributed by atoms with E-state index in [1.165, 1.54) is 18.9 Å². The van der Waals surface area contributed by atoms with Crippen molar-refractivity contribution >= 4 is 0 Å². The number of nitrogens with one attached hydrogen (secondary N) is 1. The number of rotatable bonds is 6. The molecule has 2 rings (SSSR count). The zero-order valence-electron chi connectivity index (χ0n) is 9.58. The van der Waals surface area contributed by atoms with Gasteiger partial charge in [0.1, 0.15) is 0 Å². The molecule has 0 radical (unpaired) electrons. The van der Waals surface area contributed by atoms with E-state index in [2.05, 4.69) is 5.32 Å². The molecule has 1 aliphatic rings. The number of hydrogen-bond donors (Lipinski definition) is 1. The number of halogens is 1. The molecule has 88 valence electrons. The van der Waals surface area contributed by atoms with Gasteiger partial charge in [0.05, 0.1) is 6.10 Å². The van der Waals surface area contributed by atoms with E-state index >= 15 is 0 Å². The second-order valence-electron chi connectivity index (χ2n) is 4.38. The van der Waals surface area contributed by atoms with E-state index in [9.17, 15) is 4.39 Å². The van der Waals surface area contributed by atoms with Gasteiger partial charge in [-0.1, -0.05) is 12.1 Å². The molecule has 3 heteroatoms. The number of ether oxygens (including phenoxy) is 1. The number of para-hydroxylation sites is 1. The lowest BCUT2D eigenvalue weighted by Gasteiger charge is -2.15. The maximum atomic E-state index is 13.3. The second kappa shape index (κ2) is 5.30. The van der Waals surface area contributed by atoms with Gasteiger partial charge < -0.3 is 10.1 Å². The molecule has 1 aromatic carbocycles. The van der Waals surface area contributed by atoms with Gasteiger partial charge in [0.25, 0.3) is 0 Å². The van der Waals surface area contributed by atoms with Crippen LogP contribution in [0, 0.1) is 5.82 Å². The fraction of sp³-hybridized carbons (Fsp3) is 0.538. The van der Waals surface area contributed by atoms with Crippen molar-refractivity contribution in [3.63, 3.8) is 0 Å². The van der Waals surface area contributed by atoms with Gasteiger partial charge in [-0.2, -0.15) is 0 Å². The van der Waals surface area contributed by atoms with Crippen molar-refractivity contribution in [1.29, 1.82) is 0 Å². The van der Waals surface area contributed by atoms with E-state index in [4.69, 9.17) is 4.74 Å². The minimum atomic E-state index is -0.287. The summed E-state index contributed by atoms with van der Waals surface area (Å²) in [6, 6.07) is 7.26. The highest BCUT2D eigenvalue weighted by Gasteiger charge is 2.20. The van der Waals surface area contributed by atoms with Gasteiger partial charge >= 0.3 is 0 Å². The summed E-state index contributed by atoms with van der Waals surface area (Å²) >= 11 is 0. The third kappa shape index (κ3) is 3.49. The Kier molecular flexibility index (Phi) is 3.78. The van der Waals surface area contributed by atoms with E-state index < -0.39 is 0 Å². The van der Waals surface area contributed by atoms with Gasteiger partial charge in [0.15, 0.2) is 11.6 Å². The van der Waals surface area contributed by atoms with Crippen LogP contribution in [0.15, 0.2) is 24.3 Å². The van der Waals surface area contributed by atoms with Crippen molar-refractivity contribution in [1.82, 2.24) is 5.32 Å². The molecule has 1 unspecified atom stereocenters. The largest absolute Gasteiger partial charge is 0.488 e. The number of benzene rings is 1. The fourth-order valence-electron chi connectivity index (χ4n) is 1.59. The summed E-state index contributed by atoms with van der Waals surface area (Å²) in [6.45, 7) is 2.92. The maximum Gasteiger partial charge on any atom is 0.165 e. The lowest BCUT2D eigenvalue weighted by molar-refractivity contribution is 0.201. The summed E-state index contributed by atoms with van der Waals surface area (Å²) in [5.41, 5.74) is 0. The SMILES string of the molecule is CC(CCNC1CC1)Oc1ccccc1F. The van der Waals surface area contributed by atoms with Gasteiger partial charge in [-0.25, -0.2) is 4.39 Å². The van der Waals surface area contributed by atoms with Crippen LogP contribution in [0.1, 0.15) is 26.2 Å². The van der Waals surface area contributed by atoms with Crippen LogP contribution in [0.5, 0.6) is 5.75 Å². The Bertz CT molecular complexity index is 338. The van der Waals surface area contributed by atoms with Gasteiger partial charge in [-0.15, -0.1) is 0 Å². The molecule has 1 aliphatic carbocycles. The summed E-state index contributed by atoms with van der Waals surface area (Å²) in [7, 11) is 0.